The van der Waals surface area contributed by atoms with Crippen molar-refractivity contribution in [2.45, 2.75) is 6.92 Å². The zero-order valence-corrected chi connectivity index (χ0v) is 13.0. The van der Waals surface area contributed by atoms with Gasteiger partial charge in [0.2, 0.25) is 0 Å². The maximum atomic E-state index is 5.76. The van der Waals surface area contributed by atoms with Gasteiger partial charge in [-0.3, -0.25) is 4.99 Å². The Labute approximate surface area is 126 Å². The molecule has 0 unspecified atom stereocenters. The van der Waals surface area contributed by atoms with Gasteiger partial charge in [0.25, 0.3) is 0 Å². The molecule has 102 valence electrons. The van der Waals surface area contributed by atoms with Crippen LogP contribution in [0.5, 0.6) is 0 Å². The molecule has 0 N–H and O–H groups in total. The smallest absolute Gasteiger partial charge is 0.169 e. The molecule has 1 aromatic heterocycles. The summed E-state index contributed by atoms with van der Waals surface area (Å²) in [5.74, 6) is 0. The molecule has 0 fully saturated rings. The summed E-state index contributed by atoms with van der Waals surface area (Å²) in [6.45, 7) is 3.98. The fourth-order valence-corrected chi connectivity index (χ4v) is 4.65. The Hall–Kier alpha value is -1.33. The highest BCUT2D eigenvalue weighted by molar-refractivity contribution is 8.30. The lowest BCUT2D eigenvalue weighted by Gasteiger charge is -2.17. The zero-order chi connectivity index (χ0) is 13.7. The van der Waals surface area contributed by atoms with Crippen molar-refractivity contribution >= 4 is 45.4 Å². The van der Waals surface area contributed by atoms with Crippen molar-refractivity contribution in [2.24, 2.45) is 4.99 Å². The van der Waals surface area contributed by atoms with Crippen molar-refractivity contribution in [2.75, 3.05) is 19.3 Å². The number of benzene rings is 1. The second-order valence-corrected chi connectivity index (χ2v) is 6.90. The fourth-order valence-electron chi connectivity index (χ4n) is 2.75. The number of thioether (sulfide) groups is 2. The van der Waals surface area contributed by atoms with Gasteiger partial charge in [-0.2, -0.15) is 0 Å². The van der Waals surface area contributed by atoms with E-state index in [1.165, 1.54) is 26.4 Å². The van der Waals surface area contributed by atoms with E-state index in [4.69, 9.17) is 4.42 Å². The average molecular weight is 302 g/mol. The van der Waals surface area contributed by atoms with Gasteiger partial charge in [-0.1, -0.05) is 6.07 Å². The molecule has 0 saturated carbocycles. The van der Waals surface area contributed by atoms with E-state index in [9.17, 15) is 0 Å². The number of aryl methyl sites for hydroxylation is 1. The van der Waals surface area contributed by atoms with E-state index in [2.05, 4.69) is 41.3 Å². The van der Waals surface area contributed by atoms with E-state index in [-0.39, 0.29) is 0 Å². The number of fused-ring (bicyclic) bond motifs is 2. The van der Waals surface area contributed by atoms with Gasteiger partial charge in [-0.25, -0.2) is 0 Å². The minimum atomic E-state index is 0.890. The minimum Gasteiger partial charge on any atom is -0.464 e. The summed E-state index contributed by atoms with van der Waals surface area (Å²) in [4.78, 5) is 6.90. The van der Waals surface area contributed by atoms with Crippen molar-refractivity contribution in [1.82, 2.24) is 4.90 Å². The predicted molar refractivity (Wildman–Crippen MR) is 88.0 cm³/mol. The number of furan rings is 1. The van der Waals surface area contributed by atoms with Crippen LogP contribution < -0.4 is 0 Å². The number of aliphatic imine (C=N–C) groups is 1. The van der Waals surface area contributed by atoms with Crippen LogP contribution >= 0.6 is 23.5 Å². The van der Waals surface area contributed by atoms with E-state index in [1.54, 1.807) is 29.8 Å². The van der Waals surface area contributed by atoms with Crippen LogP contribution in [0.2, 0.25) is 0 Å². The van der Waals surface area contributed by atoms with Crippen LogP contribution in [0.1, 0.15) is 11.1 Å². The van der Waals surface area contributed by atoms with Crippen LogP contribution in [0.25, 0.3) is 16.7 Å². The molecule has 1 aromatic carbocycles. The van der Waals surface area contributed by atoms with E-state index >= 15 is 0 Å². The summed E-state index contributed by atoms with van der Waals surface area (Å²) in [5, 5.41) is 2.33. The van der Waals surface area contributed by atoms with Crippen LogP contribution in [0.4, 0.5) is 0 Å². The third kappa shape index (κ3) is 1.66. The molecule has 4 rings (SSSR count). The summed E-state index contributed by atoms with van der Waals surface area (Å²) < 4.78 is 7.07. The molecule has 0 aliphatic carbocycles. The molecule has 20 heavy (non-hydrogen) atoms. The van der Waals surface area contributed by atoms with Gasteiger partial charge in [0.15, 0.2) is 5.17 Å². The lowest BCUT2D eigenvalue weighted by molar-refractivity contribution is 0.608. The molecular weight excluding hydrogens is 288 g/mol. The Balaban J connectivity index is 1.96. The number of amidine groups is 1. The lowest BCUT2D eigenvalue weighted by Crippen LogP contribution is -2.20. The maximum Gasteiger partial charge on any atom is 0.169 e. The molecule has 2 aliphatic heterocycles. The Kier molecular flexibility index (Phi) is 2.86. The van der Waals surface area contributed by atoms with Gasteiger partial charge in [-0.05, 0) is 42.6 Å². The summed E-state index contributed by atoms with van der Waals surface area (Å²) in [5.41, 5.74) is 4.68. The fraction of sp³-hybridized carbons (Fsp3) is 0.267. The largest absolute Gasteiger partial charge is 0.464 e. The van der Waals surface area contributed by atoms with Crippen molar-refractivity contribution in [3.8, 4) is 0 Å². The Morgan fingerprint density at radius 2 is 2.25 bits per heavy atom. The first-order chi connectivity index (χ1) is 9.79. The lowest BCUT2D eigenvalue weighted by atomic mass is 10.0. The highest BCUT2D eigenvalue weighted by Gasteiger charge is 2.34. The second kappa shape index (κ2) is 4.60. The summed E-state index contributed by atoms with van der Waals surface area (Å²) in [6.07, 6.45) is 3.90. The number of hydrogen-bond donors (Lipinski definition) is 0. The standard InChI is InChI=1S/C15H14N2OS2/c1-9-3-4-11(13-10(9)5-8-18-13)12-14(19-2)20-15-16-6-7-17(12)15/h3-5,8H,6-7H2,1-2H3. The Bertz CT molecular complexity index is 760. The van der Waals surface area contributed by atoms with Crippen LogP contribution in [-0.4, -0.2) is 29.4 Å². The molecule has 3 heterocycles. The highest BCUT2D eigenvalue weighted by Crippen LogP contribution is 2.47. The quantitative estimate of drug-likeness (QED) is 0.833. The van der Waals surface area contributed by atoms with Crippen LogP contribution in [0, 0.1) is 6.92 Å². The highest BCUT2D eigenvalue weighted by atomic mass is 32.2. The molecule has 0 atom stereocenters. The summed E-state index contributed by atoms with van der Waals surface area (Å²) in [6, 6.07) is 6.40. The van der Waals surface area contributed by atoms with E-state index in [0.29, 0.717) is 0 Å². The number of nitrogens with zero attached hydrogens (tertiary/aromatic N) is 2. The molecule has 0 spiro atoms. The topological polar surface area (TPSA) is 28.7 Å². The number of hydrogen-bond acceptors (Lipinski definition) is 5. The van der Waals surface area contributed by atoms with Gasteiger partial charge < -0.3 is 9.32 Å². The maximum absolute atomic E-state index is 5.76. The monoisotopic (exact) mass is 302 g/mol. The molecule has 5 heteroatoms. The SMILES string of the molecule is CSC1=C(c2ccc(C)c3ccoc23)N2CCN=C2S1. The average Bonchev–Trinajstić information content (AvgIpc) is 3.14. The third-order valence-corrected chi connectivity index (χ3v) is 5.95. The molecule has 3 nitrogen and oxygen atoms in total. The molecule has 0 saturated heterocycles. The van der Waals surface area contributed by atoms with E-state index < -0.39 is 0 Å². The molecule has 0 bridgehead atoms. The van der Waals surface area contributed by atoms with Crippen LogP contribution in [-0.2, 0) is 0 Å². The Morgan fingerprint density at radius 3 is 3.10 bits per heavy atom. The van der Waals surface area contributed by atoms with Gasteiger partial charge in [0.1, 0.15) is 5.58 Å². The molecule has 2 aromatic rings. The van der Waals surface area contributed by atoms with Crippen molar-refractivity contribution in [3.05, 3.63) is 39.8 Å². The second-order valence-electron chi connectivity index (χ2n) is 4.85. The molecule has 0 amide bonds. The van der Waals surface area contributed by atoms with Crippen molar-refractivity contribution in [1.29, 1.82) is 0 Å². The molecular formula is C15H14N2OS2. The van der Waals surface area contributed by atoms with Gasteiger partial charge in [0.05, 0.1) is 22.7 Å². The first-order valence-electron chi connectivity index (χ1n) is 6.55. The molecule has 0 radical (unpaired) electrons. The predicted octanol–water partition coefficient (Wildman–Crippen LogP) is 4.15. The van der Waals surface area contributed by atoms with E-state index in [0.717, 1.165) is 23.8 Å². The van der Waals surface area contributed by atoms with Crippen molar-refractivity contribution < 1.29 is 4.42 Å². The van der Waals surface area contributed by atoms with Crippen LogP contribution in [0.15, 0.2) is 38.1 Å². The normalized spacial score (nSPS) is 18.1. The van der Waals surface area contributed by atoms with E-state index in [1.807, 2.05) is 0 Å². The minimum absolute atomic E-state index is 0.890. The van der Waals surface area contributed by atoms with Crippen molar-refractivity contribution in [3.63, 3.8) is 0 Å². The van der Waals surface area contributed by atoms with Gasteiger partial charge >= 0.3 is 0 Å². The first kappa shape index (κ1) is 12.4. The van der Waals surface area contributed by atoms with Crippen LogP contribution in [0.3, 0.4) is 0 Å². The first-order valence-corrected chi connectivity index (χ1v) is 8.59. The number of rotatable bonds is 2. The summed E-state index contributed by atoms with van der Waals surface area (Å²) >= 11 is 3.56. The molecule has 2 aliphatic rings. The third-order valence-electron chi connectivity index (χ3n) is 3.72. The van der Waals surface area contributed by atoms with Gasteiger partial charge in [-0.15, -0.1) is 11.8 Å². The van der Waals surface area contributed by atoms with Gasteiger partial charge in [0, 0.05) is 17.5 Å². The summed E-state index contributed by atoms with van der Waals surface area (Å²) in [7, 11) is 0. The zero-order valence-electron chi connectivity index (χ0n) is 11.3. The Morgan fingerprint density at radius 1 is 1.35 bits per heavy atom.